The van der Waals surface area contributed by atoms with Gasteiger partial charge in [-0.1, -0.05) is 61.6 Å². The third-order valence-corrected chi connectivity index (χ3v) is 15.6. The number of carbonyl (C=O) groups is 1. The molecule has 3 N–H and O–H groups in total. The summed E-state index contributed by atoms with van der Waals surface area (Å²) in [5.74, 6) is 0.608. The SMILES string of the molecule is C[Si]1(C)c2cc(N3CCC3)ccc2C2(OCc3ccc(C(=O)CCc4ccc(COc5nc(N)nc6nc[nH]c56)cc4)cc32)c2ccc(N3CCC3)cc21. The molecule has 4 aromatic carbocycles. The molecule has 2 saturated heterocycles. The van der Waals surface area contributed by atoms with Crippen LogP contribution in [-0.4, -0.2) is 60.0 Å². The Balaban J connectivity index is 0.926. The van der Waals surface area contributed by atoms with Gasteiger partial charge in [0.05, 0.1) is 12.9 Å². The Bertz CT molecular complexity index is 2390. The smallest absolute Gasteiger partial charge is 0.245 e. The summed E-state index contributed by atoms with van der Waals surface area (Å²) < 4.78 is 13.0. The zero-order chi connectivity index (χ0) is 36.6. The van der Waals surface area contributed by atoms with E-state index >= 15 is 0 Å². The second-order valence-electron chi connectivity index (χ2n) is 15.6. The van der Waals surface area contributed by atoms with Gasteiger partial charge in [-0.25, -0.2) is 4.98 Å². The number of ketones is 1. The van der Waals surface area contributed by atoms with E-state index in [0.717, 1.165) is 54.0 Å². The average Bonchev–Trinajstić information content (AvgIpc) is 3.76. The number of Topliss-reactive ketones (excluding diaryl/α,β-unsaturated/α-hetero) is 1. The first kappa shape index (κ1) is 33.1. The van der Waals surface area contributed by atoms with Crippen LogP contribution in [0.1, 0.15) is 63.0 Å². The Morgan fingerprint density at radius 3 is 2.17 bits per heavy atom. The van der Waals surface area contributed by atoms with Gasteiger partial charge in [0.15, 0.2) is 11.4 Å². The van der Waals surface area contributed by atoms with Gasteiger partial charge in [-0.3, -0.25) is 4.79 Å². The zero-order valence-corrected chi connectivity index (χ0v) is 31.7. The predicted molar refractivity (Wildman–Crippen MR) is 214 cm³/mol. The normalized spacial score (nSPS) is 17.4. The number of aromatic amines is 1. The Kier molecular flexibility index (Phi) is 7.67. The van der Waals surface area contributed by atoms with E-state index in [2.05, 4.69) is 103 Å². The number of ether oxygens (including phenoxy) is 2. The summed E-state index contributed by atoms with van der Waals surface area (Å²) in [5, 5.41) is 2.88. The molecule has 11 heteroatoms. The van der Waals surface area contributed by atoms with E-state index in [1.807, 2.05) is 18.2 Å². The summed E-state index contributed by atoms with van der Waals surface area (Å²) in [7, 11) is -2.12. The Labute approximate surface area is 315 Å². The van der Waals surface area contributed by atoms with Crippen molar-refractivity contribution >= 4 is 52.7 Å². The minimum absolute atomic E-state index is 0.113. The number of imidazole rings is 1. The molecule has 2 aromatic heterocycles. The Hall–Kier alpha value is -5.52. The van der Waals surface area contributed by atoms with Crippen molar-refractivity contribution in [1.82, 2.24) is 19.9 Å². The fourth-order valence-electron chi connectivity index (χ4n) is 8.74. The summed E-state index contributed by atoms with van der Waals surface area (Å²) in [6.45, 7) is 10.3. The molecule has 0 bridgehead atoms. The number of hydrogen-bond donors (Lipinski definition) is 2. The number of nitrogen functional groups attached to an aromatic ring is 1. The lowest BCUT2D eigenvalue weighted by atomic mass is 9.78. The maximum Gasteiger partial charge on any atom is 0.245 e. The molecule has 6 heterocycles. The summed E-state index contributed by atoms with van der Waals surface area (Å²) in [4.78, 5) is 34.4. The molecule has 0 saturated carbocycles. The quantitative estimate of drug-likeness (QED) is 0.142. The van der Waals surface area contributed by atoms with Crippen LogP contribution in [0.3, 0.4) is 0 Å². The van der Waals surface area contributed by atoms with Crippen LogP contribution in [0.2, 0.25) is 13.1 Å². The van der Waals surface area contributed by atoms with Crippen LogP contribution in [0.15, 0.2) is 85.2 Å². The number of benzene rings is 4. The highest BCUT2D eigenvalue weighted by Gasteiger charge is 2.53. The molecule has 0 aliphatic carbocycles. The number of anilines is 3. The van der Waals surface area contributed by atoms with E-state index < -0.39 is 13.7 Å². The fourth-order valence-corrected chi connectivity index (χ4v) is 11.9. The van der Waals surface area contributed by atoms with Gasteiger partial charge in [-0.15, -0.1) is 0 Å². The first-order valence-electron chi connectivity index (χ1n) is 19.1. The van der Waals surface area contributed by atoms with Crippen molar-refractivity contribution in [3.63, 3.8) is 0 Å². The molecule has 272 valence electrons. The third-order valence-electron chi connectivity index (χ3n) is 12.1. The van der Waals surface area contributed by atoms with E-state index in [-0.39, 0.29) is 11.7 Å². The first-order valence-corrected chi connectivity index (χ1v) is 22.1. The van der Waals surface area contributed by atoms with Crippen LogP contribution in [0.25, 0.3) is 11.2 Å². The molecule has 4 aliphatic rings. The third kappa shape index (κ3) is 5.24. The second kappa shape index (κ2) is 12.5. The van der Waals surface area contributed by atoms with Crippen LogP contribution in [-0.2, 0) is 30.0 Å². The number of H-pyrrole nitrogens is 1. The number of aryl methyl sites for hydroxylation is 1. The first-order chi connectivity index (χ1) is 26.3. The zero-order valence-electron chi connectivity index (χ0n) is 30.7. The van der Waals surface area contributed by atoms with Gasteiger partial charge in [-0.05, 0) is 93.3 Å². The highest BCUT2D eigenvalue weighted by atomic mass is 28.3. The van der Waals surface area contributed by atoms with Gasteiger partial charge in [-0.2, -0.15) is 9.97 Å². The van der Waals surface area contributed by atoms with Crippen molar-refractivity contribution in [3.05, 3.63) is 124 Å². The van der Waals surface area contributed by atoms with Crippen LogP contribution < -0.4 is 30.6 Å². The minimum atomic E-state index is -2.12. The Morgan fingerprint density at radius 2 is 1.52 bits per heavy atom. The van der Waals surface area contributed by atoms with Gasteiger partial charge in [0.25, 0.3) is 0 Å². The van der Waals surface area contributed by atoms with E-state index in [0.29, 0.717) is 43.1 Å². The second-order valence-corrected chi connectivity index (χ2v) is 20.0. The number of nitrogens with two attached hydrogens (primary N) is 1. The maximum atomic E-state index is 13.9. The predicted octanol–water partition coefficient (Wildman–Crippen LogP) is 5.71. The van der Waals surface area contributed by atoms with Crippen molar-refractivity contribution in [1.29, 1.82) is 0 Å². The summed E-state index contributed by atoms with van der Waals surface area (Å²) in [6.07, 6.45) is 5.08. The van der Waals surface area contributed by atoms with Gasteiger partial charge >= 0.3 is 0 Å². The molecule has 4 aliphatic heterocycles. The van der Waals surface area contributed by atoms with E-state index in [1.165, 1.54) is 45.7 Å². The molecule has 0 radical (unpaired) electrons. The largest absolute Gasteiger partial charge is 0.471 e. The minimum Gasteiger partial charge on any atom is -0.471 e. The summed E-state index contributed by atoms with van der Waals surface area (Å²) >= 11 is 0. The van der Waals surface area contributed by atoms with E-state index in [1.54, 1.807) is 6.33 Å². The van der Waals surface area contributed by atoms with Crippen LogP contribution >= 0.6 is 0 Å². The van der Waals surface area contributed by atoms with E-state index in [9.17, 15) is 4.79 Å². The Morgan fingerprint density at radius 1 is 0.852 bits per heavy atom. The van der Waals surface area contributed by atoms with Crippen molar-refractivity contribution in [2.75, 3.05) is 41.7 Å². The lowest BCUT2D eigenvalue weighted by molar-refractivity contribution is 0.0276. The molecular weight excluding hydrogens is 691 g/mol. The summed E-state index contributed by atoms with van der Waals surface area (Å²) in [5.41, 5.74) is 16.3. The number of nitrogens with one attached hydrogen (secondary N) is 1. The molecule has 54 heavy (non-hydrogen) atoms. The van der Waals surface area contributed by atoms with Crippen LogP contribution in [0.4, 0.5) is 17.3 Å². The highest BCUT2D eigenvalue weighted by Crippen LogP contribution is 2.50. The molecule has 10 rings (SSSR count). The molecule has 6 aromatic rings. The number of aromatic nitrogens is 4. The molecule has 0 unspecified atom stereocenters. The molecule has 10 nitrogen and oxygen atoms in total. The molecule has 1 spiro atoms. The van der Waals surface area contributed by atoms with Crippen LogP contribution in [0.5, 0.6) is 5.88 Å². The van der Waals surface area contributed by atoms with Gasteiger partial charge in [0.2, 0.25) is 11.8 Å². The number of rotatable bonds is 9. The number of fused-ring (bicyclic) bond motifs is 7. The monoisotopic (exact) mass is 733 g/mol. The van der Waals surface area contributed by atoms with Crippen molar-refractivity contribution < 1.29 is 14.3 Å². The molecule has 0 amide bonds. The average molecular weight is 734 g/mol. The fraction of sp³-hybridized carbons (Fsp3) is 0.302. The molecule has 0 atom stereocenters. The van der Waals surface area contributed by atoms with Gasteiger partial charge in [0, 0.05) is 49.5 Å². The number of hydrogen-bond acceptors (Lipinski definition) is 9. The standard InChI is InChI=1S/C43H43N7O3Si/c1-54(2)37-22-31(49-17-3-18-49)12-14-33(37)43(34-15-13-32(23-38(34)54)50-19-4-20-50)35-21-29(10-11-30(35)25-53-43)36(51)16-9-27-5-7-28(8-6-27)24-52-41-39-40(46-26-45-39)47-42(44)48-41/h5-8,10-15,21-23,26H,3-4,9,16-20,24-25H2,1-2H3,(H3,44,45,46,47,48). The van der Waals surface area contributed by atoms with Crippen LogP contribution in [0, 0.1) is 0 Å². The number of carbonyl (C=O) groups excluding carboxylic acids is 1. The molecule has 2 fully saturated rings. The molecular formula is C43H43N7O3Si. The van der Waals surface area contributed by atoms with Crippen molar-refractivity contribution in [2.24, 2.45) is 0 Å². The highest BCUT2D eigenvalue weighted by molar-refractivity contribution is 7.01. The van der Waals surface area contributed by atoms with Gasteiger partial charge in [0.1, 0.15) is 25.8 Å². The maximum absolute atomic E-state index is 13.9. The van der Waals surface area contributed by atoms with Crippen molar-refractivity contribution in [3.8, 4) is 5.88 Å². The van der Waals surface area contributed by atoms with Crippen molar-refractivity contribution in [2.45, 2.75) is 57.6 Å². The summed E-state index contributed by atoms with van der Waals surface area (Å²) in [6, 6.07) is 28.6. The lowest BCUT2D eigenvalue weighted by Crippen LogP contribution is -2.63. The lowest BCUT2D eigenvalue weighted by Gasteiger charge is -2.46. The van der Waals surface area contributed by atoms with E-state index in [4.69, 9.17) is 15.2 Å². The topological polar surface area (TPSA) is 122 Å². The number of nitrogens with zero attached hydrogens (tertiary/aromatic N) is 5. The van der Waals surface area contributed by atoms with Gasteiger partial charge < -0.3 is 30.0 Å².